The number of amides is 2. The Labute approximate surface area is 158 Å². The SMILES string of the molecule is Cc1ccccc1C(=O)NNC(=O)c1cccc(S(=O)(=O)NCC2CC2)c1. The molecule has 0 spiro atoms. The molecule has 7 nitrogen and oxygen atoms in total. The maximum atomic E-state index is 12.3. The van der Waals surface area contributed by atoms with Crippen LogP contribution in [0.25, 0.3) is 0 Å². The van der Waals surface area contributed by atoms with E-state index in [2.05, 4.69) is 15.6 Å². The summed E-state index contributed by atoms with van der Waals surface area (Å²) in [4.78, 5) is 24.4. The van der Waals surface area contributed by atoms with Gasteiger partial charge in [0, 0.05) is 17.7 Å². The van der Waals surface area contributed by atoms with Gasteiger partial charge in [-0.05, 0) is 55.5 Å². The molecule has 8 heteroatoms. The third-order valence-electron chi connectivity index (χ3n) is 4.34. The van der Waals surface area contributed by atoms with Crippen molar-refractivity contribution >= 4 is 21.8 Å². The molecule has 0 aromatic heterocycles. The van der Waals surface area contributed by atoms with E-state index >= 15 is 0 Å². The number of carbonyl (C=O) groups is 2. The molecular formula is C19H21N3O4S. The third-order valence-corrected chi connectivity index (χ3v) is 5.77. The Kier molecular flexibility index (Phi) is 5.57. The maximum Gasteiger partial charge on any atom is 0.269 e. The number of carbonyl (C=O) groups excluding carboxylic acids is 2. The Balaban J connectivity index is 1.64. The molecule has 0 heterocycles. The van der Waals surface area contributed by atoms with Crippen molar-refractivity contribution in [1.82, 2.24) is 15.6 Å². The first kappa shape index (κ1) is 19.1. The normalized spacial score (nSPS) is 13.8. The molecule has 2 amide bonds. The molecule has 2 aromatic carbocycles. The summed E-state index contributed by atoms with van der Waals surface area (Å²) in [5.41, 5.74) is 6.00. The molecule has 142 valence electrons. The van der Waals surface area contributed by atoms with E-state index in [0.717, 1.165) is 18.4 Å². The first-order valence-corrected chi connectivity index (χ1v) is 10.1. The smallest absolute Gasteiger partial charge is 0.267 e. The van der Waals surface area contributed by atoms with Gasteiger partial charge in [-0.2, -0.15) is 0 Å². The van der Waals surface area contributed by atoms with Crippen molar-refractivity contribution in [2.24, 2.45) is 5.92 Å². The molecule has 1 saturated carbocycles. The Bertz CT molecular complexity index is 968. The van der Waals surface area contributed by atoms with Crippen molar-refractivity contribution in [3.63, 3.8) is 0 Å². The quantitative estimate of drug-likeness (QED) is 0.657. The average molecular weight is 387 g/mol. The highest BCUT2D eigenvalue weighted by atomic mass is 32.2. The Hall–Kier alpha value is -2.71. The highest BCUT2D eigenvalue weighted by molar-refractivity contribution is 7.89. The summed E-state index contributed by atoms with van der Waals surface area (Å²) in [6, 6.07) is 12.7. The van der Waals surface area contributed by atoms with E-state index in [0.29, 0.717) is 18.0 Å². The van der Waals surface area contributed by atoms with Crippen LogP contribution in [0.2, 0.25) is 0 Å². The lowest BCUT2D eigenvalue weighted by Crippen LogP contribution is -2.41. The van der Waals surface area contributed by atoms with Crippen LogP contribution in [0.4, 0.5) is 0 Å². The molecule has 27 heavy (non-hydrogen) atoms. The summed E-state index contributed by atoms with van der Waals surface area (Å²) < 4.78 is 27.2. The second kappa shape index (κ2) is 7.89. The van der Waals surface area contributed by atoms with E-state index in [1.54, 1.807) is 25.1 Å². The molecular weight excluding hydrogens is 366 g/mol. The molecule has 2 aromatic rings. The Morgan fingerprint density at radius 3 is 2.41 bits per heavy atom. The summed E-state index contributed by atoms with van der Waals surface area (Å²) in [6.45, 7) is 2.20. The maximum absolute atomic E-state index is 12.3. The van der Waals surface area contributed by atoms with Crippen LogP contribution in [0, 0.1) is 12.8 Å². The van der Waals surface area contributed by atoms with Gasteiger partial charge in [0.05, 0.1) is 4.90 Å². The van der Waals surface area contributed by atoms with E-state index in [4.69, 9.17) is 0 Å². The fourth-order valence-electron chi connectivity index (χ4n) is 2.52. The molecule has 0 saturated heterocycles. The van der Waals surface area contributed by atoms with Crippen LogP contribution in [0.15, 0.2) is 53.4 Å². The van der Waals surface area contributed by atoms with Gasteiger partial charge in [0.15, 0.2) is 0 Å². The molecule has 1 aliphatic rings. The van der Waals surface area contributed by atoms with Crippen LogP contribution in [0.5, 0.6) is 0 Å². The fraction of sp³-hybridized carbons (Fsp3) is 0.263. The van der Waals surface area contributed by atoms with Gasteiger partial charge >= 0.3 is 0 Å². The standard InChI is InChI=1S/C19H21N3O4S/c1-13-5-2-3-8-17(13)19(24)22-21-18(23)15-6-4-7-16(11-15)27(25,26)20-12-14-9-10-14/h2-8,11,14,20H,9-10,12H2,1H3,(H,21,23)(H,22,24). The van der Waals surface area contributed by atoms with Gasteiger partial charge in [-0.25, -0.2) is 13.1 Å². The molecule has 3 rings (SSSR count). The predicted octanol–water partition coefficient (Wildman–Crippen LogP) is 1.76. The number of hydrogen-bond donors (Lipinski definition) is 3. The Morgan fingerprint density at radius 2 is 1.70 bits per heavy atom. The van der Waals surface area contributed by atoms with Crippen molar-refractivity contribution in [2.45, 2.75) is 24.7 Å². The van der Waals surface area contributed by atoms with Gasteiger partial charge in [-0.1, -0.05) is 24.3 Å². The Morgan fingerprint density at radius 1 is 1.00 bits per heavy atom. The second-order valence-electron chi connectivity index (χ2n) is 6.55. The molecule has 0 aliphatic heterocycles. The van der Waals surface area contributed by atoms with Crippen molar-refractivity contribution in [3.8, 4) is 0 Å². The minimum atomic E-state index is -3.67. The summed E-state index contributed by atoms with van der Waals surface area (Å²) in [7, 11) is -3.67. The summed E-state index contributed by atoms with van der Waals surface area (Å²) in [5.74, 6) is -0.643. The zero-order valence-electron chi connectivity index (χ0n) is 14.9. The lowest BCUT2D eigenvalue weighted by molar-refractivity contribution is 0.0846. The van der Waals surface area contributed by atoms with Gasteiger partial charge in [0.1, 0.15) is 0 Å². The van der Waals surface area contributed by atoms with E-state index in [1.165, 1.54) is 24.3 Å². The highest BCUT2D eigenvalue weighted by Crippen LogP contribution is 2.28. The van der Waals surface area contributed by atoms with Crippen LogP contribution in [-0.2, 0) is 10.0 Å². The van der Waals surface area contributed by atoms with Gasteiger partial charge in [0.25, 0.3) is 11.8 Å². The molecule has 1 aliphatic carbocycles. The molecule has 3 N–H and O–H groups in total. The van der Waals surface area contributed by atoms with E-state index in [-0.39, 0.29) is 10.5 Å². The van der Waals surface area contributed by atoms with Crippen LogP contribution in [0.3, 0.4) is 0 Å². The number of hydrazine groups is 1. The largest absolute Gasteiger partial charge is 0.269 e. The minimum Gasteiger partial charge on any atom is -0.267 e. The van der Waals surface area contributed by atoms with Gasteiger partial charge < -0.3 is 0 Å². The monoisotopic (exact) mass is 387 g/mol. The first-order valence-electron chi connectivity index (χ1n) is 8.63. The molecule has 0 atom stereocenters. The van der Waals surface area contributed by atoms with Crippen LogP contribution < -0.4 is 15.6 Å². The summed E-state index contributed by atoms with van der Waals surface area (Å²) in [5, 5.41) is 0. The highest BCUT2D eigenvalue weighted by Gasteiger charge is 2.24. The van der Waals surface area contributed by atoms with Crippen molar-refractivity contribution in [1.29, 1.82) is 0 Å². The first-order chi connectivity index (χ1) is 12.9. The summed E-state index contributed by atoms with van der Waals surface area (Å²) in [6.07, 6.45) is 2.07. The van der Waals surface area contributed by atoms with Crippen LogP contribution >= 0.6 is 0 Å². The summed E-state index contributed by atoms with van der Waals surface area (Å²) >= 11 is 0. The van der Waals surface area contributed by atoms with Crippen molar-refractivity contribution in [2.75, 3.05) is 6.54 Å². The van der Waals surface area contributed by atoms with Gasteiger partial charge in [0.2, 0.25) is 10.0 Å². The van der Waals surface area contributed by atoms with Gasteiger partial charge in [-0.3, -0.25) is 20.4 Å². The minimum absolute atomic E-state index is 0.0148. The van der Waals surface area contributed by atoms with Crippen molar-refractivity contribution < 1.29 is 18.0 Å². The van der Waals surface area contributed by atoms with Crippen molar-refractivity contribution in [3.05, 3.63) is 65.2 Å². The lowest BCUT2D eigenvalue weighted by Gasteiger charge is -2.10. The fourth-order valence-corrected chi connectivity index (χ4v) is 3.68. The lowest BCUT2D eigenvalue weighted by atomic mass is 10.1. The molecule has 1 fully saturated rings. The number of benzene rings is 2. The second-order valence-corrected chi connectivity index (χ2v) is 8.31. The van der Waals surface area contributed by atoms with Crippen LogP contribution in [0.1, 0.15) is 39.1 Å². The number of rotatable bonds is 6. The molecule has 0 unspecified atom stereocenters. The van der Waals surface area contributed by atoms with E-state index in [1.807, 2.05) is 6.07 Å². The number of sulfonamides is 1. The van der Waals surface area contributed by atoms with E-state index < -0.39 is 21.8 Å². The zero-order chi connectivity index (χ0) is 19.4. The van der Waals surface area contributed by atoms with Gasteiger partial charge in [-0.15, -0.1) is 0 Å². The number of hydrogen-bond acceptors (Lipinski definition) is 4. The molecule has 0 radical (unpaired) electrons. The average Bonchev–Trinajstić information content (AvgIpc) is 3.49. The third kappa shape index (κ3) is 4.93. The molecule has 0 bridgehead atoms. The number of aryl methyl sites for hydroxylation is 1. The number of nitrogens with one attached hydrogen (secondary N) is 3. The van der Waals surface area contributed by atoms with E-state index in [9.17, 15) is 18.0 Å². The van der Waals surface area contributed by atoms with Crippen LogP contribution in [-0.4, -0.2) is 26.8 Å². The zero-order valence-corrected chi connectivity index (χ0v) is 15.7. The predicted molar refractivity (Wildman–Crippen MR) is 100 cm³/mol. The topological polar surface area (TPSA) is 104 Å².